The Labute approximate surface area is 154 Å². The summed E-state index contributed by atoms with van der Waals surface area (Å²) in [6.07, 6.45) is -8.55. The molecule has 10 heteroatoms. The molecule has 0 aliphatic rings. The molecule has 0 unspecified atom stereocenters. The largest absolute Gasteiger partial charge is 0.493 e. The van der Waals surface area contributed by atoms with Gasteiger partial charge in [-0.3, -0.25) is 4.98 Å². The maximum absolute atomic E-state index is 13.1. The van der Waals surface area contributed by atoms with Gasteiger partial charge in [-0.2, -0.15) is 26.3 Å². The number of halogens is 6. The fraction of sp³-hybridized carbons (Fsp3) is 0.167. The number of methoxy groups -OCH3 is 1. The van der Waals surface area contributed by atoms with E-state index in [2.05, 4.69) is 4.98 Å². The molecule has 0 saturated heterocycles. The van der Waals surface area contributed by atoms with Crippen molar-refractivity contribution in [3.8, 4) is 17.2 Å². The molecule has 1 aromatic heterocycles. The van der Waals surface area contributed by atoms with Gasteiger partial charge in [0.05, 0.1) is 29.4 Å². The Bertz CT molecular complexity index is 999. The van der Waals surface area contributed by atoms with Gasteiger partial charge < -0.3 is 15.2 Å². The van der Waals surface area contributed by atoms with Crippen LogP contribution in [-0.2, 0) is 12.4 Å². The molecule has 148 valence electrons. The number of nitrogens with zero attached hydrogens (tertiary/aromatic N) is 1. The van der Waals surface area contributed by atoms with Crippen molar-refractivity contribution in [3.05, 3.63) is 53.7 Å². The summed E-state index contributed by atoms with van der Waals surface area (Å²) in [5.41, 5.74) is 3.35. The van der Waals surface area contributed by atoms with E-state index in [1.165, 1.54) is 31.5 Å². The van der Waals surface area contributed by atoms with Crippen LogP contribution in [0, 0.1) is 0 Å². The first-order valence-corrected chi connectivity index (χ1v) is 7.69. The molecule has 0 bridgehead atoms. The van der Waals surface area contributed by atoms with Gasteiger partial charge in [0, 0.05) is 17.6 Å². The van der Waals surface area contributed by atoms with Crippen molar-refractivity contribution in [1.29, 1.82) is 0 Å². The van der Waals surface area contributed by atoms with E-state index in [-0.39, 0.29) is 34.2 Å². The van der Waals surface area contributed by atoms with Crippen molar-refractivity contribution in [2.24, 2.45) is 0 Å². The fourth-order valence-electron chi connectivity index (χ4n) is 2.59. The monoisotopic (exact) mass is 402 g/mol. The number of fused-ring (bicyclic) bond motifs is 1. The summed E-state index contributed by atoms with van der Waals surface area (Å²) < 4.78 is 88.9. The Hall–Kier alpha value is -3.17. The average Bonchev–Trinajstić information content (AvgIpc) is 2.62. The summed E-state index contributed by atoms with van der Waals surface area (Å²) in [5, 5.41) is 0.269. The highest BCUT2D eigenvalue weighted by Gasteiger charge is 2.37. The van der Waals surface area contributed by atoms with Crippen LogP contribution in [0.25, 0.3) is 10.9 Å². The van der Waals surface area contributed by atoms with E-state index >= 15 is 0 Å². The molecule has 0 amide bonds. The van der Waals surface area contributed by atoms with Crippen LogP contribution in [0.5, 0.6) is 17.2 Å². The predicted molar refractivity (Wildman–Crippen MR) is 89.2 cm³/mol. The van der Waals surface area contributed by atoms with Crippen LogP contribution in [0.15, 0.2) is 42.6 Å². The fourth-order valence-corrected chi connectivity index (χ4v) is 2.59. The van der Waals surface area contributed by atoms with Crippen LogP contribution >= 0.6 is 0 Å². The van der Waals surface area contributed by atoms with Crippen molar-refractivity contribution in [3.63, 3.8) is 0 Å². The number of alkyl halides is 6. The van der Waals surface area contributed by atoms with Crippen molar-refractivity contribution >= 4 is 16.6 Å². The zero-order chi connectivity index (χ0) is 20.7. The van der Waals surface area contributed by atoms with Gasteiger partial charge in [-0.05, 0) is 30.3 Å². The predicted octanol–water partition coefficient (Wildman–Crippen LogP) is 5.66. The van der Waals surface area contributed by atoms with E-state index in [0.717, 1.165) is 0 Å². The normalized spacial score (nSPS) is 12.2. The lowest BCUT2D eigenvalue weighted by Crippen LogP contribution is -2.11. The second-order valence-electron chi connectivity index (χ2n) is 5.74. The Balaban J connectivity index is 2.20. The van der Waals surface area contributed by atoms with Crippen LogP contribution in [0.3, 0.4) is 0 Å². The Morgan fingerprint density at radius 3 is 2.07 bits per heavy atom. The van der Waals surface area contributed by atoms with E-state index in [1.807, 2.05) is 0 Å². The molecule has 3 rings (SSSR count). The SMILES string of the molecule is COc1cc(N)c2ncccc2c1Oc1cc(C(F)(F)F)cc(C(F)(F)F)c1. The smallest absolute Gasteiger partial charge is 0.416 e. The molecular weight excluding hydrogens is 390 g/mol. The van der Waals surface area contributed by atoms with Gasteiger partial charge >= 0.3 is 12.4 Å². The van der Waals surface area contributed by atoms with Crippen molar-refractivity contribution in [2.45, 2.75) is 12.4 Å². The minimum atomic E-state index is -4.99. The molecule has 0 spiro atoms. The number of hydrogen-bond donors (Lipinski definition) is 1. The van der Waals surface area contributed by atoms with E-state index < -0.39 is 29.2 Å². The van der Waals surface area contributed by atoms with E-state index in [1.54, 1.807) is 0 Å². The number of ether oxygens (including phenoxy) is 2. The molecule has 0 atom stereocenters. The third-order valence-corrected chi connectivity index (χ3v) is 3.84. The van der Waals surface area contributed by atoms with Crippen LogP contribution in [-0.4, -0.2) is 12.1 Å². The molecule has 2 N–H and O–H groups in total. The summed E-state index contributed by atoms with van der Waals surface area (Å²) in [6.45, 7) is 0. The van der Waals surface area contributed by atoms with Gasteiger partial charge in [0.25, 0.3) is 0 Å². The van der Waals surface area contributed by atoms with Gasteiger partial charge in [0.1, 0.15) is 5.75 Å². The van der Waals surface area contributed by atoms with E-state index in [4.69, 9.17) is 15.2 Å². The number of aromatic nitrogens is 1. The molecule has 0 saturated carbocycles. The van der Waals surface area contributed by atoms with Crippen LogP contribution in [0.2, 0.25) is 0 Å². The molecule has 28 heavy (non-hydrogen) atoms. The molecule has 0 aliphatic heterocycles. The highest BCUT2D eigenvalue weighted by Crippen LogP contribution is 2.43. The van der Waals surface area contributed by atoms with Gasteiger partial charge in [0.2, 0.25) is 0 Å². The quantitative estimate of drug-likeness (QED) is 0.454. The summed E-state index contributed by atoms with van der Waals surface area (Å²) in [4.78, 5) is 4.05. The van der Waals surface area contributed by atoms with Crippen LogP contribution < -0.4 is 15.2 Å². The molecular formula is C18H12F6N2O2. The van der Waals surface area contributed by atoms with Crippen LogP contribution in [0.4, 0.5) is 32.0 Å². The zero-order valence-electron chi connectivity index (χ0n) is 14.2. The maximum atomic E-state index is 13.1. The maximum Gasteiger partial charge on any atom is 0.416 e. The topological polar surface area (TPSA) is 57.4 Å². The van der Waals surface area contributed by atoms with Crippen molar-refractivity contribution in [2.75, 3.05) is 12.8 Å². The van der Waals surface area contributed by atoms with Crippen LogP contribution in [0.1, 0.15) is 11.1 Å². The zero-order valence-corrected chi connectivity index (χ0v) is 14.2. The summed E-state index contributed by atoms with van der Waals surface area (Å²) in [7, 11) is 1.26. The van der Waals surface area contributed by atoms with Gasteiger partial charge in [-0.1, -0.05) is 0 Å². The number of pyridine rings is 1. The number of nitrogen functional groups attached to an aromatic ring is 1. The molecule has 0 radical (unpaired) electrons. The average molecular weight is 402 g/mol. The molecule has 2 aromatic carbocycles. The van der Waals surface area contributed by atoms with Crippen molar-refractivity contribution in [1.82, 2.24) is 4.98 Å². The lowest BCUT2D eigenvalue weighted by atomic mass is 10.1. The first-order valence-electron chi connectivity index (χ1n) is 7.69. The first-order chi connectivity index (χ1) is 13.0. The number of benzene rings is 2. The minimum Gasteiger partial charge on any atom is -0.493 e. The standard InChI is InChI=1S/C18H12F6N2O2/c1-27-14-8-13(25)15-12(3-2-4-26-15)16(14)28-11-6-9(17(19,20)21)5-10(7-11)18(22,23)24/h2-8H,25H2,1H3. The molecule has 0 fully saturated rings. The summed E-state index contributed by atoms with van der Waals surface area (Å²) in [6, 6.07) is 5.33. The Morgan fingerprint density at radius 2 is 1.54 bits per heavy atom. The molecule has 0 aliphatic carbocycles. The molecule has 3 aromatic rings. The van der Waals surface area contributed by atoms with E-state index in [0.29, 0.717) is 12.1 Å². The molecule has 1 heterocycles. The van der Waals surface area contributed by atoms with Gasteiger partial charge in [-0.25, -0.2) is 0 Å². The third kappa shape index (κ3) is 3.75. The Morgan fingerprint density at radius 1 is 0.929 bits per heavy atom. The van der Waals surface area contributed by atoms with Gasteiger partial charge in [0.15, 0.2) is 11.5 Å². The lowest BCUT2D eigenvalue weighted by molar-refractivity contribution is -0.143. The molecule has 4 nitrogen and oxygen atoms in total. The van der Waals surface area contributed by atoms with Gasteiger partial charge in [-0.15, -0.1) is 0 Å². The summed E-state index contributed by atoms with van der Waals surface area (Å²) in [5.74, 6) is -0.730. The highest BCUT2D eigenvalue weighted by molar-refractivity contribution is 5.96. The summed E-state index contributed by atoms with van der Waals surface area (Å²) >= 11 is 0. The second-order valence-corrected chi connectivity index (χ2v) is 5.74. The Kier molecular flexibility index (Phi) is 4.74. The lowest BCUT2D eigenvalue weighted by Gasteiger charge is -2.17. The first kappa shape index (κ1) is 19.6. The number of nitrogens with two attached hydrogens (primary N) is 1. The second kappa shape index (κ2) is 6.77. The minimum absolute atomic E-state index is 0.0206. The number of anilines is 1. The highest BCUT2D eigenvalue weighted by atomic mass is 19.4. The number of hydrogen-bond acceptors (Lipinski definition) is 4. The van der Waals surface area contributed by atoms with E-state index in [9.17, 15) is 26.3 Å². The number of rotatable bonds is 3. The van der Waals surface area contributed by atoms with Crippen molar-refractivity contribution < 1.29 is 35.8 Å². The third-order valence-electron chi connectivity index (χ3n) is 3.84.